The van der Waals surface area contributed by atoms with Crippen LogP contribution in [0.2, 0.25) is 0 Å². The average Bonchev–Trinajstić information content (AvgIpc) is 3.07. The standard InChI is InChI=1S/C16H16N2O5S2/c19-15(20)9-17-16(21)11-2-1-3-13(8-11)25(22,23)18-6-4-14-12(10-18)5-7-24-14/h1-3,5,7-8H,4,6,9-10H2,(H,17,21)(H,19,20). The second kappa shape index (κ2) is 6.95. The quantitative estimate of drug-likeness (QED) is 0.814. The van der Waals surface area contributed by atoms with E-state index in [1.807, 2.05) is 11.4 Å². The third-order valence-corrected chi connectivity index (χ3v) is 6.77. The lowest BCUT2D eigenvalue weighted by atomic mass is 10.1. The van der Waals surface area contributed by atoms with Crippen molar-refractivity contribution >= 4 is 33.2 Å². The van der Waals surface area contributed by atoms with Gasteiger partial charge in [-0.2, -0.15) is 4.31 Å². The first-order chi connectivity index (χ1) is 11.9. The molecule has 0 aliphatic carbocycles. The molecule has 0 saturated carbocycles. The van der Waals surface area contributed by atoms with Gasteiger partial charge in [-0.05, 0) is 41.6 Å². The van der Waals surface area contributed by atoms with Crippen LogP contribution in [0.15, 0.2) is 40.6 Å². The largest absolute Gasteiger partial charge is 0.480 e. The maximum Gasteiger partial charge on any atom is 0.322 e. The van der Waals surface area contributed by atoms with Gasteiger partial charge in [0.15, 0.2) is 0 Å². The Hall–Kier alpha value is -2.23. The van der Waals surface area contributed by atoms with Crippen LogP contribution in [0.4, 0.5) is 0 Å². The number of carboxylic acid groups (broad SMARTS) is 1. The number of rotatable bonds is 5. The summed E-state index contributed by atoms with van der Waals surface area (Å²) in [7, 11) is -3.73. The molecule has 0 unspecified atom stereocenters. The first-order valence-corrected chi connectivity index (χ1v) is 9.85. The predicted molar refractivity (Wildman–Crippen MR) is 92.0 cm³/mol. The summed E-state index contributed by atoms with van der Waals surface area (Å²) in [6, 6.07) is 7.56. The molecule has 2 heterocycles. The topological polar surface area (TPSA) is 104 Å². The first kappa shape index (κ1) is 17.6. The van der Waals surface area contributed by atoms with Crippen molar-refractivity contribution in [1.82, 2.24) is 9.62 Å². The van der Waals surface area contributed by atoms with Crippen molar-refractivity contribution in [3.63, 3.8) is 0 Å². The van der Waals surface area contributed by atoms with Crippen LogP contribution < -0.4 is 5.32 Å². The van der Waals surface area contributed by atoms with Gasteiger partial charge in [0.05, 0.1) is 4.90 Å². The highest BCUT2D eigenvalue weighted by molar-refractivity contribution is 7.89. The molecule has 1 aliphatic heterocycles. The molecule has 25 heavy (non-hydrogen) atoms. The third kappa shape index (κ3) is 3.73. The lowest BCUT2D eigenvalue weighted by Gasteiger charge is -2.26. The molecular formula is C16H16N2O5S2. The maximum atomic E-state index is 12.9. The van der Waals surface area contributed by atoms with E-state index < -0.39 is 28.4 Å². The van der Waals surface area contributed by atoms with Crippen LogP contribution in [0.3, 0.4) is 0 Å². The summed E-state index contributed by atoms with van der Waals surface area (Å²) >= 11 is 1.63. The molecule has 1 aliphatic rings. The molecule has 0 bridgehead atoms. The van der Waals surface area contributed by atoms with Crippen LogP contribution in [-0.2, 0) is 27.8 Å². The van der Waals surface area contributed by atoms with Crippen molar-refractivity contribution in [2.45, 2.75) is 17.9 Å². The van der Waals surface area contributed by atoms with Crippen molar-refractivity contribution < 1.29 is 23.1 Å². The fraction of sp³-hybridized carbons (Fsp3) is 0.250. The molecule has 2 N–H and O–H groups in total. The summed E-state index contributed by atoms with van der Waals surface area (Å²) in [5.74, 6) is -1.80. The zero-order valence-electron chi connectivity index (χ0n) is 13.1. The van der Waals surface area contributed by atoms with E-state index in [2.05, 4.69) is 5.32 Å². The predicted octanol–water partition coefficient (Wildman–Crippen LogP) is 1.31. The van der Waals surface area contributed by atoms with E-state index in [1.54, 1.807) is 11.3 Å². The van der Waals surface area contributed by atoms with Crippen molar-refractivity contribution in [2.75, 3.05) is 13.1 Å². The summed E-state index contributed by atoms with van der Waals surface area (Å²) < 4.78 is 27.1. The van der Waals surface area contributed by atoms with E-state index in [0.717, 1.165) is 5.56 Å². The lowest BCUT2D eigenvalue weighted by molar-refractivity contribution is -0.135. The SMILES string of the molecule is O=C(O)CNC(=O)c1cccc(S(=O)(=O)N2CCc3sccc3C2)c1. The Morgan fingerprint density at radius 3 is 2.84 bits per heavy atom. The number of benzene rings is 1. The highest BCUT2D eigenvalue weighted by atomic mass is 32.2. The summed E-state index contributed by atoms with van der Waals surface area (Å²) in [4.78, 5) is 23.7. The van der Waals surface area contributed by atoms with Crippen LogP contribution in [0.1, 0.15) is 20.8 Å². The number of nitrogens with one attached hydrogen (secondary N) is 1. The molecule has 9 heteroatoms. The monoisotopic (exact) mass is 380 g/mol. The summed E-state index contributed by atoms with van der Waals surface area (Å²) in [6.07, 6.45) is 0.672. The number of carbonyl (C=O) groups excluding carboxylic acids is 1. The second-order valence-corrected chi connectivity index (χ2v) is 8.50. The Labute approximate surface area is 149 Å². The normalized spacial score (nSPS) is 14.7. The molecule has 0 radical (unpaired) electrons. The van der Waals surface area contributed by atoms with Crippen molar-refractivity contribution in [3.8, 4) is 0 Å². The van der Waals surface area contributed by atoms with Gasteiger partial charge in [-0.25, -0.2) is 8.42 Å². The minimum Gasteiger partial charge on any atom is -0.480 e. The molecule has 7 nitrogen and oxygen atoms in total. The summed E-state index contributed by atoms with van der Waals surface area (Å²) in [5, 5.41) is 12.8. The molecule has 132 valence electrons. The Bertz CT molecular complexity index is 920. The van der Waals surface area contributed by atoms with Crippen LogP contribution in [0, 0.1) is 0 Å². The zero-order chi connectivity index (χ0) is 18.0. The van der Waals surface area contributed by atoms with E-state index in [0.29, 0.717) is 19.5 Å². The number of nitrogens with zero attached hydrogens (tertiary/aromatic N) is 1. The van der Waals surface area contributed by atoms with Crippen molar-refractivity contribution in [1.29, 1.82) is 0 Å². The van der Waals surface area contributed by atoms with Crippen LogP contribution in [0.25, 0.3) is 0 Å². The van der Waals surface area contributed by atoms with E-state index in [-0.39, 0.29) is 10.5 Å². The van der Waals surface area contributed by atoms with E-state index in [1.165, 1.54) is 33.4 Å². The Morgan fingerprint density at radius 2 is 2.08 bits per heavy atom. The minimum atomic E-state index is -3.73. The summed E-state index contributed by atoms with van der Waals surface area (Å²) in [5.41, 5.74) is 1.12. The van der Waals surface area contributed by atoms with Gasteiger partial charge < -0.3 is 10.4 Å². The number of carbonyl (C=O) groups is 2. The van der Waals surface area contributed by atoms with Gasteiger partial charge in [0.25, 0.3) is 5.91 Å². The Morgan fingerprint density at radius 1 is 1.28 bits per heavy atom. The molecule has 1 amide bonds. The van der Waals surface area contributed by atoms with Gasteiger partial charge in [0, 0.05) is 23.5 Å². The number of fused-ring (bicyclic) bond motifs is 1. The first-order valence-electron chi connectivity index (χ1n) is 7.53. The van der Waals surface area contributed by atoms with Gasteiger partial charge in [-0.3, -0.25) is 9.59 Å². The molecular weight excluding hydrogens is 364 g/mol. The van der Waals surface area contributed by atoms with Crippen molar-refractivity contribution in [2.24, 2.45) is 0 Å². The molecule has 3 rings (SSSR count). The number of thiophene rings is 1. The molecule has 0 fully saturated rings. The minimum absolute atomic E-state index is 0.0224. The highest BCUT2D eigenvalue weighted by Gasteiger charge is 2.29. The number of carboxylic acids is 1. The van der Waals surface area contributed by atoms with Crippen LogP contribution in [-0.4, -0.2) is 42.8 Å². The van der Waals surface area contributed by atoms with Gasteiger partial charge in [0.2, 0.25) is 10.0 Å². The fourth-order valence-corrected chi connectivity index (χ4v) is 4.99. The number of hydrogen-bond donors (Lipinski definition) is 2. The van der Waals surface area contributed by atoms with Gasteiger partial charge in [-0.1, -0.05) is 6.07 Å². The number of sulfonamides is 1. The van der Waals surface area contributed by atoms with E-state index >= 15 is 0 Å². The third-order valence-electron chi connectivity index (χ3n) is 3.91. The average molecular weight is 380 g/mol. The second-order valence-electron chi connectivity index (χ2n) is 5.56. The van der Waals surface area contributed by atoms with Gasteiger partial charge in [0.1, 0.15) is 6.54 Å². The van der Waals surface area contributed by atoms with Crippen molar-refractivity contribution in [3.05, 3.63) is 51.7 Å². The van der Waals surface area contributed by atoms with E-state index in [4.69, 9.17) is 5.11 Å². The number of amides is 1. The fourth-order valence-electron chi connectivity index (χ4n) is 2.63. The Balaban J connectivity index is 1.82. The van der Waals surface area contributed by atoms with Gasteiger partial charge in [-0.15, -0.1) is 11.3 Å². The maximum absolute atomic E-state index is 12.9. The van der Waals surface area contributed by atoms with Crippen LogP contribution >= 0.6 is 11.3 Å². The molecule has 1 aromatic heterocycles. The molecule has 1 aromatic carbocycles. The number of hydrogen-bond acceptors (Lipinski definition) is 5. The zero-order valence-corrected chi connectivity index (χ0v) is 14.8. The smallest absolute Gasteiger partial charge is 0.322 e. The van der Waals surface area contributed by atoms with Crippen LogP contribution in [0.5, 0.6) is 0 Å². The molecule has 2 aromatic rings. The lowest BCUT2D eigenvalue weighted by Crippen LogP contribution is -2.35. The van der Waals surface area contributed by atoms with E-state index in [9.17, 15) is 18.0 Å². The molecule has 0 spiro atoms. The molecule has 0 atom stereocenters. The Kier molecular flexibility index (Phi) is 4.89. The highest BCUT2D eigenvalue weighted by Crippen LogP contribution is 2.28. The van der Waals surface area contributed by atoms with Gasteiger partial charge >= 0.3 is 5.97 Å². The summed E-state index contributed by atoms with van der Waals surface area (Å²) in [6.45, 7) is 0.185. The number of aliphatic carboxylic acids is 1. The molecule has 0 saturated heterocycles.